The Morgan fingerprint density at radius 2 is 1.96 bits per heavy atom. The lowest BCUT2D eigenvalue weighted by Crippen LogP contribution is -2.29. The van der Waals surface area contributed by atoms with Gasteiger partial charge in [0, 0.05) is 35.5 Å². The summed E-state index contributed by atoms with van der Waals surface area (Å²) in [6, 6.07) is 5.43. The minimum absolute atomic E-state index is 0.553. The summed E-state index contributed by atoms with van der Waals surface area (Å²) in [5.41, 5.74) is 1.76. The Morgan fingerprint density at radius 3 is 2.70 bits per heavy atom. The van der Waals surface area contributed by atoms with Crippen LogP contribution in [0.3, 0.4) is 0 Å². The van der Waals surface area contributed by atoms with Crippen molar-refractivity contribution in [2.24, 2.45) is 0 Å². The fourth-order valence-corrected chi connectivity index (χ4v) is 3.43. The van der Waals surface area contributed by atoms with Crippen molar-refractivity contribution >= 4 is 62.1 Å². The first kappa shape index (κ1) is 20.1. The van der Waals surface area contributed by atoms with Gasteiger partial charge in [-0.1, -0.05) is 29.3 Å². The van der Waals surface area contributed by atoms with Crippen LogP contribution in [0.5, 0.6) is 0 Å². The van der Waals surface area contributed by atoms with Crippen molar-refractivity contribution in [1.29, 1.82) is 0 Å². The second-order valence-corrected chi connectivity index (χ2v) is 7.99. The third-order valence-electron chi connectivity index (χ3n) is 3.69. The van der Waals surface area contributed by atoms with Gasteiger partial charge in [-0.25, -0.2) is 0 Å². The Bertz CT molecular complexity index is 926. The number of hydrogen-bond acceptors (Lipinski definition) is 3. The predicted octanol–water partition coefficient (Wildman–Crippen LogP) is 4.57. The van der Waals surface area contributed by atoms with Gasteiger partial charge in [0.1, 0.15) is 0 Å². The van der Waals surface area contributed by atoms with E-state index in [1.54, 1.807) is 23.1 Å². The van der Waals surface area contributed by atoms with Gasteiger partial charge in [-0.3, -0.25) is 9.36 Å². The monoisotopic (exact) mass is 486 g/mol. The summed E-state index contributed by atoms with van der Waals surface area (Å²) < 4.78 is 4.65. The highest BCUT2D eigenvalue weighted by atomic mass is 79.9. The quantitative estimate of drug-likeness (QED) is 0.377. The van der Waals surface area contributed by atoms with Crippen molar-refractivity contribution in [3.63, 3.8) is 0 Å². The molecule has 0 aliphatic rings. The molecule has 3 rings (SSSR count). The second kappa shape index (κ2) is 9.54. The molecule has 0 amide bonds. The molecular weight excluding hydrogens is 471 g/mol. The third kappa shape index (κ3) is 6.21. The number of nitrogens with one attached hydrogen (secondary N) is 2. The van der Waals surface area contributed by atoms with E-state index in [-0.39, 0.29) is 0 Å². The van der Waals surface area contributed by atoms with Gasteiger partial charge in [-0.2, -0.15) is 10.2 Å². The summed E-state index contributed by atoms with van der Waals surface area (Å²) >= 11 is 20.8. The fraction of sp³-hybridized carbons (Fsp3) is 0.235. The smallest absolute Gasteiger partial charge is 0.170 e. The predicted molar refractivity (Wildman–Crippen MR) is 117 cm³/mol. The summed E-state index contributed by atoms with van der Waals surface area (Å²) in [6.07, 6.45) is 8.22. The van der Waals surface area contributed by atoms with E-state index in [1.165, 1.54) is 0 Å². The summed E-state index contributed by atoms with van der Waals surface area (Å²) in [4.78, 5) is 0. The molecule has 0 radical (unpaired) electrons. The van der Waals surface area contributed by atoms with Gasteiger partial charge in [0.2, 0.25) is 0 Å². The number of rotatable bonds is 7. The molecule has 0 unspecified atom stereocenters. The minimum Gasteiger partial charge on any atom is -0.362 e. The maximum Gasteiger partial charge on any atom is 0.170 e. The van der Waals surface area contributed by atoms with Gasteiger partial charge in [0.15, 0.2) is 5.11 Å². The molecule has 142 valence electrons. The van der Waals surface area contributed by atoms with Crippen LogP contribution in [0.15, 0.2) is 47.5 Å². The number of halogens is 3. The lowest BCUT2D eigenvalue weighted by atomic mass is 10.2. The van der Waals surface area contributed by atoms with Crippen molar-refractivity contribution in [3.05, 3.63) is 63.1 Å². The first-order valence-electron chi connectivity index (χ1n) is 8.19. The Morgan fingerprint density at radius 1 is 1.15 bits per heavy atom. The van der Waals surface area contributed by atoms with E-state index >= 15 is 0 Å². The first-order chi connectivity index (χ1) is 13.0. The van der Waals surface area contributed by atoms with Crippen LogP contribution in [-0.2, 0) is 13.1 Å². The van der Waals surface area contributed by atoms with E-state index in [2.05, 4.69) is 36.8 Å². The molecule has 0 spiro atoms. The molecule has 2 aromatic heterocycles. The van der Waals surface area contributed by atoms with Crippen LogP contribution in [0.4, 0.5) is 5.69 Å². The maximum absolute atomic E-state index is 6.21. The van der Waals surface area contributed by atoms with E-state index in [4.69, 9.17) is 35.4 Å². The molecule has 0 aliphatic heterocycles. The highest BCUT2D eigenvalue weighted by molar-refractivity contribution is 9.10. The van der Waals surface area contributed by atoms with Crippen LogP contribution in [0.2, 0.25) is 10.0 Å². The van der Waals surface area contributed by atoms with E-state index in [1.807, 2.05) is 29.2 Å². The van der Waals surface area contributed by atoms with Crippen LogP contribution in [0.1, 0.15) is 12.0 Å². The Labute approximate surface area is 181 Å². The number of benzene rings is 1. The Hall–Kier alpha value is -1.61. The lowest BCUT2D eigenvalue weighted by molar-refractivity contribution is 0.573. The summed E-state index contributed by atoms with van der Waals surface area (Å²) in [6.45, 7) is 2.12. The molecule has 0 saturated carbocycles. The van der Waals surface area contributed by atoms with Gasteiger partial charge in [-0.15, -0.1) is 0 Å². The van der Waals surface area contributed by atoms with Gasteiger partial charge >= 0.3 is 0 Å². The SMILES string of the molecule is S=C(NCCCn1cc(Br)cn1)Nc1cnn(Cc2ccc(Cl)cc2Cl)c1. The first-order valence-corrected chi connectivity index (χ1v) is 10.1. The van der Waals surface area contributed by atoms with Gasteiger partial charge in [0.05, 0.1) is 29.1 Å². The van der Waals surface area contributed by atoms with Crippen molar-refractivity contribution < 1.29 is 0 Å². The molecule has 2 heterocycles. The molecule has 27 heavy (non-hydrogen) atoms. The number of nitrogens with zero attached hydrogens (tertiary/aromatic N) is 4. The van der Waals surface area contributed by atoms with Gasteiger partial charge in [-0.05, 0) is 52.3 Å². The summed E-state index contributed by atoms with van der Waals surface area (Å²) in [5, 5.41) is 16.6. The number of thiocarbonyl (C=S) groups is 1. The topological polar surface area (TPSA) is 59.7 Å². The maximum atomic E-state index is 6.21. The Balaban J connectivity index is 1.43. The van der Waals surface area contributed by atoms with Crippen LogP contribution >= 0.6 is 51.3 Å². The highest BCUT2D eigenvalue weighted by Gasteiger charge is 2.05. The normalized spacial score (nSPS) is 10.8. The molecule has 10 heteroatoms. The van der Waals surface area contributed by atoms with Crippen molar-refractivity contribution in [2.45, 2.75) is 19.5 Å². The number of aromatic nitrogens is 4. The Kier molecular flexibility index (Phi) is 7.12. The van der Waals surface area contributed by atoms with E-state index in [0.29, 0.717) is 21.7 Å². The molecule has 1 aromatic carbocycles. The van der Waals surface area contributed by atoms with Crippen LogP contribution in [-0.4, -0.2) is 31.2 Å². The molecule has 6 nitrogen and oxygen atoms in total. The average molecular weight is 488 g/mol. The molecule has 0 aliphatic carbocycles. The summed E-state index contributed by atoms with van der Waals surface area (Å²) in [7, 11) is 0. The number of aryl methyl sites for hydroxylation is 1. The van der Waals surface area contributed by atoms with Gasteiger partial charge in [0.25, 0.3) is 0 Å². The number of anilines is 1. The molecule has 0 atom stereocenters. The van der Waals surface area contributed by atoms with E-state index < -0.39 is 0 Å². The largest absolute Gasteiger partial charge is 0.362 e. The average Bonchev–Trinajstić information content (AvgIpc) is 3.23. The molecule has 3 aromatic rings. The van der Waals surface area contributed by atoms with Crippen molar-refractivity contribution in [3.8, 4) is 0 Å². The number of hydrogen-bond donors (Lipinski definition) is 2. The van der Waals surface area contributed by atoms with Crippen molar-refractivity contribution in [1.82, 2.24) is 24.9 Å². The molecule has 2 N–H and O–H groups in total. The van der Waals surface area contributed by atoms with Crippen LogP contribution < -0.4 is 10.6 Å². The van der Waals surface area contributed by atoms with Gasteiger partial charge < -0.3 is 10.6 Å². The van der Waals surface area contributed by atoms with Crippen LogP contribution in [0, 0.1) is 0 Å². The van der Waals surface area contributed by atoms with Crippen molar-refractivity contribution in [2.75, 3.05) is 11.9 Å². The second-order valence-electron chi connectivity index (χ2n) is 5.82. The zero-order valence-corrected chi connectivity index (χ0v) is 18.1. The molecule has 0 bridgehead atoms. The molecular formula is C17H17BrCl2N6S. The minimum atomic E-state index is 0.553. The molecule has 0 saturated heterocycles. The lowest BCUT2D eigenvalue weighted by Gasteiger charge is -2.09. The molecule has 0 fully saturated rings. The van der Waals surface area contributed by atoms with E-state index in [9.17, 15) is 0 Å². The summed E-state index contributed by atoms with van der Waals surface area (Å²) in [5.74, 6) is 0. The highest BCUT2D eigenvalue weighted by Crippen LogP contribution is 2.22. The zero-order chi connectivity index (χ0) is 19.2. The standard InChI is InChI=1S/C17H17BrCl2N6S/c18-13-7-22-25(10-13)5-1-4-21-17(27)24-15-8-23-26(11-15)9-12-2-3-14(19)6-16(12)20/h2-3,6-8,10-11H,1,4-5,9H2,(H2,21,24,27). The third-order valence-corrected chi connectivity index (χ3v) is 4.93. The van der Waals surface area contributed by atoms with E-state index in [0.717, 1.165) is 35.2 Å². The fourth-order valence-electron chi connectivity index (χ4n) is 2.42. The zero-order valence-electron chi connectivity index (χ0n) is 14.2. The van der Waals surface area contributed by atoms with Crippen LogP contribution in [0.25, 0.3) is 0 Å².